The minimum Gasteiger partial charge on any atom is -0.391 e. The maximum atomic E-state index is 12.6. The molecule has 3 aromatic rings. The molecule has 7 nitrogen and oxygen atoms in total. The number of carbonyl (C=O) groups is 1. The number of hydrogen-bond donors (Lipinski definition) is 3. The Kier molecular flexibility index (Phi) is 4.53. The number of rotatable bonds is 5. The number of aromatic nitrogens is 4. The number of amides is 1. The van der Waals surface area contributed by atoms with Gasteiger partial charge in [0.2, 0.25) is 0 Å². The second kappa shape index (κ2) is 7.13. The van der Waals surface area contributed by atoms with Gasteiger partial charge in [0.05, 0.1) is 24.2 Å². The van der Waals surface area contributed by atoms with Gasteiger partial charge < -0.3 is 15.0 Å². The molecule has 0 radical (unpaired) electrons. The van der Waals surface area contributed by atoms with Gasteiger partial charge in [-0.05, 0) is 37.0 Å². The molecule has 1 aliphatic carbocycles. The lowest BCUT2D eigenvalue weighted by Crippen LogP contribution is -2.39. The summed E-state index contributed by atoms with van der Waals surface area (Å²) in [5.74, 6) is 0.152. The number of benzene rings is 1. The van der Waals surface area contributed by atoms with E-state index < -0.39 is 6.10 Å². The highest BCUT2D eigenvalue weighted by molar-refractivity contribution is 5.95. The Labute approximate surface area is 151 Å². The number of aliphatic hydroxyl groups is 1. The first-order valence-corrected chi connectivity index (χ1v) is 8.73. The second-order valence-corrected chi connectivity index (χ2v) is 6.80. The van der Waals surface area contributed by atoms with Gasteiger partial charge in [0.1, 0.15) is 0 Å². The van der Waals surface area contributed by atoms with E-state index in [1.807, 2.05) is 35.0 Å². The zero-order chi connectivity index (χ0) is 17.9. The maximum absolute atomic E-state index is 12.6. The summed E-state index contributed by atoms with van der Waals surface area (Å²) in [4.78, 5) is 16.7. The third-order valence-electron chi connectivity index (χ3n) is 4.91. The van der Waals surface area contributed by atoms with E-state index in [1.165, 1.54) is 0 Å². The molecule has 0 saturated heterocycles. The van der Waals surface area contributed by atoms with Gasteiger partial charge in [0.15, 0.2) is 0 Å². The van der Waals surface area contributed by atoms with Gasteiger partial charge in [0.25, 0.3) is 5.91 Å². The van der Waals surface area contributed by atoms with Crippen molar-refractivity contribution in [1.29, 1.82) is 0 Å². The molecular weight excluding hydrogens is 330 g/mol. The predicted molar refractivity (Wildman–Crippen MR) is 96.2 cm³/mol. The van der Waals surface area contributed by atoms with E-state index in [-0.39, 0.29) is 11.9 Å². The fraction of sp³-hybridized carbons (Fsp3) is 0.316. The molecule has 1 amide bonds. The summed E-state index contributed by atoms with van der Waals surface area (Å²) in [6.45, 7) is 0.804. The Bertz CT molecular complexity index is 860. The van der Waals surface area contributed by atoms with Crippen LogP contribution in [0.3, 0.4) is 0 Å². The van der Waals surface area contributed by atoms with Gasteiger partial charge in [-0.2, -0.15) is 5.10 Å². The van der Waals surface area contributed by atoms with E-state index in [1.54, 1.807) is 24.8 Å². The second-order valence-electron chi connectivity index (χ2n) is 6.80. The number of aromatic amines is 1. The number of carbonyl (C=O) groups excluding carboxylic acids is 1. The van der Waals surface area contributed by atoms with Gasteiger partial charge in [-0.3, -0.25) is 9.89 Å². The summed E-state index contributed by atoms with van der Waals surface area (Å²) < 4.78 is 2.01. The fourth-order valence-electron chi connectivity index (χ4n) is 3.61. The normalized spacial score (nSPS) is 22.4. The van der Waals surface area contributed by atoms with Crippen LogP contribution in [0.15, 0.2) is 55.2 Å². The Morgan fingerprint density at radius 3 is 3.00 bits per heavy atom. The summed E-state index contributed by atoms with van der Waals surface area (Å²) in [7, 11) is 0. The van der Waals surface area contributed by atoms with E-state index in [9.17, 15) is 9.90 Å². The third-order valence-corrected chi connectivity index (χ3v) is 4.91. The Hall–Kier alpha value is -2.93. The monoisotopic (exact) mass is 351 g/mol. The van der Waals surface area contributed by atoms with Gasteiger partial charge in [-0.1, -0.05) is 12.1 Å². The molecule has 0 aliphatic heterocycles. The van der Waals surface area contributed by atoms with Gasteiger partial charge in [-0.25, -0.2) is 4.98 Å². The van der Waals surface area contributed by atoms with Gasteiger partial charge in [0, 0.05) is 36.3 Å². The average Bonchev–Trinajstić information content (AvgIpc) is 3.39. The van der Waals surface area contributed by atoms with Crippen LogP contribution in [-0.2, 0) is 6.54 Å². The summed E-state index contributed by atoms with van der Waals surface area (Å²) in [6.07, 6.45) is 8.03. The van der Waals surface area contributed by atoms with E-state index in [4.69, 9.17) is 0 Å². The third kappa shape index (κ3) is 3.52. The predicted octanol–water partition coefficient (Wildman–Crippen LogP) is 1.84. The van der Waals surface area contributed by atoms with Gasteiger partial charge in [-0.15, -0.1) is 0 Å². The van der Waals surface area contributed by atoms with Crippen LogP contribution in [0.4, 0.5) is 0 Å². The smallest absolute Gasteiger partial charge is 0.251 e. The summed E-state index contributed by atoms with van der Waals surface area (Å²) in [6, 6.07) is 9.01. The fourth-order valence-corrected chi connectivity index (χ4v) is 3.61. The highest BCUT2D eigenvalue weighted by atomic mass is 16.3. The van der Waals surface area contributed by atoms with Crippen molar-refractivity contribution in [3.63, 3.8) is 0 Å². The van der Waals surface area contributed by atoms with Crippen molar-refractivity contribution in [1.82, 2.24) is 25.1 Å². The lowest BCUT2D eigenvalue weighted by atomic mass is 10.1. The maximum Gasteiger partial charge on any atom is 0.251 e. The molecule has 134 valence electrons. The number of aliphatic hydroxyl groups excluding tert-OH is 1. The molecule has 26 heavy (non-hydrogen) atoms. The van der Waals surface area contributed by atoms with Crippen LogP contribution < -0.4 is 5.32 Å². The summed E-state index contributed by atoms with van der Waals surface area (Å²) >= 11 is 0. The topological polar surface area (TPSA) is 95.8 Å². The van der Waals surface area contributed by atoms with Crippen LogP contribution in [0.1, 0.15) is 23.2 Å². The molecule has 1 fully saturated rings. The van der Waals surface area contributed by atoms with Crippen molar-refractivity contribution in [3.05, 3.63) is 60.8 Å². The van der Waals surface area contributed by atoms with E-state index in [0.29, 0.717) is 17.9 Å². The number of imidazole rings is 1. The molecule has 1 aliphatic rings. The molecule has 1 aromatic carbocycles. The molecule has 4 rings (SSSR count). The molecule has 1 unspecified atom stereocenters. The van der Waals surface area contributed by atoms with Gasteiger partial charge >= 0.3 is 0 Å². The van der Waals surface area contributed by atoms with Crippen LogP contribution >= 0.6 is 0 Å². The minimum atomic E-state index is -0.525. The molecule has 3 N–H and O–H groups in total. The number of hydrogen-bond acceptors (Lipinski definition) is 4. The van der Waals surface area contributed by atoms with Crippen molar-refractivity contribution in [3.8, 4) is 11.3 Å². The average molecular weight is 351 g/mol. The number of nitrogens with zero attached hydrogens (tertiary/aromatic N) is 3. The molecule has 7 heteroatoms. The molecule has 2 heterocycles. The Balaban J connectivity index is 1.41. The van der Waals surface area contributed by atoms with Crippen molar-refractivity contribution >= 4 is 5.91 Å². The highest BCUT2D eigenvalue weighted by Gasteiger charge is 2.34. The Morgan fingerprint density at radius 2 is 2.23 bits per heavy atom. The van der Waals surface area contributed by atoms with Crippen LogP contribution in [0.2, 0.25) is 0 Å². The lowest BCUT2D eigenvalue weighted by molar-refractivity contribution is 0.0873. The first-order valence-electron chi connectivity index (χ1n) is 8.73. The SMILES string of the molecule is O=C(N[C@@H]1CC(Cn2ccnc2)C[C@H]1O)c1cccc(-c2ccn[nH]2)c1. The lowest BCUT2D eigenvalue weighted by Gasteiger charge is -2.16. The highest BCUT2D eigenvalue weighted by Crippen LogP contribution is 2.28. The number of H-pyrrole nitrogens is 1. The summed E-state index contributed by atoms with van der Waals surface area (Å²) in [5, 5.41) is 20.2. The molecule has 2 aromatic heterocycles. The van der Waals surface area contributed by atoms with Crippen LogP contribution in [-0.4, -0.2) is 42.9 Å². The zero-order valence-corrected chi connectivity index (χ0v) is 14.2. The van der Waals surface area contributed by atoms with Crippen molar-refractivity contribution in [2.75, 3.05) is 0 Å². The Morgan fingerprint density at radius 1 is 1.31 bits per heavy atom. The molecule has 3 atom stereocenters. The molecule has 1 saturated carbocycles. The van der Waals surface area contributed by atoms with Crippen molar-refractivity contribution in [2.45, 2.75) is 31.5 Å². The van der Waals surface area contributed by atoms with Crippen molar-refractivity contribution in [2.24, 2.45) is 5.92 Å². The molecular formula is C19H21N5O2. The summed E-state index contributed by atoms with van der Waals surface area (Å²) in [5.41, 5.74) is 2.34. The minimum absolute atomic E-state index is 0.168. The quantitative estimate of drug-likeness (QED) is 0.653. The standard InChI is InChI=1S/C19H21N5O2/c25-18-9-13(11-24-7-6-20-12-24)8-17(18)22-19(26)15-3-1-2-14(10-15)16-4-5-21-23-16/h1-7,10,12-13,17-18,25H,8-9,11H2,(H,21,23)(H,22,26)/t13?,17-,18-/m1/s1. The van der Waals surface area contributed by atoms with E-state index in [2.05, 4.69) is 20.5 Å². The van der Waals surface area contributed by atoms with E-state index >= 15 is 0 Å². The van der Waals surface area contributed by atoms with Crippen LogP contribution in [0, 0.1) is 5.92 Å². The first-order chi connectivity index (χ1) is 12.7. The van der Waals surface area contributed by atoms with E-state index in [0.717, 1.165) is 24.2 Å². The number of nitrogens with one attached hydrogen (secondary N) is 2. The molecule has 0 bridgehead atoms. The largest absolute Gasteiger partial charge is 0.391 e. The van der Waals surface area contributed by atoms with Crippen LogP contribution in [0.25, 0.3) is 11.3 Å². The molecule has 0 spiro atoms. The van der Waals surface area contributed by atoms with Crippen LogP contribution in [0.5, 0.6) is 0 Å². The zero-order valence-electron chi connectivity index (χ0n) is 14.2. The first kappa shape index (κ1) is 16.5. The van der Waals surface area contributed by atoms with Crippen molar-refractivity contribution < 1.29 is 9.90 Å².